The normalized spacial score (nSPS) is 15.7. The molecule has 5 nitrogen and oxygen atoms in total. The van der Waals surface area contributed by atoms with E-state index in [2.05, 4.69) is 29.6 Å². The van der Waals surface area contributed by atoms with Gasteiger partial charge in [0.05, 0.1) is 18.3 Å². The second kappa shape index (κ2) is 13.3. The van der Waals surface area contributed by atoms with Crippen molar-refractivity contribution in [1.29, 1.82) is 0 Å². The summed E-state index contributed by atoms with van der Waals surface area (Å²) in [5, 5.41) is 3.02. The maximum Gasteiger partial charge on any atom is 0.227 e. The standard InChI is InChI=1S/C26H35N3O2S/c27-15-7-2-1-3-8-16-28-25(30)18-24-19-32-20-29(24)26(31)17-21-11-13-23(14-12-21)22-9-5-4-6-10-22/h4-6,9-14,24H,1-3,7-8,15-20,27H2,(H,28,30). The molecule has 1 aliphatic heterocycles. The van der Waals surface area contributed by atoms with E-state index in [1.807, 2.05) is 35.2 Å². The SMILES string of the molecule is NCCCCCCCNC(=O)CC1CSCN1C(=O)Cc1ccc(-c2ccccc2)cc1. The van der Waals surface area contributed by atoms with E-state index >= 15 is 0 Å². The van der Waals surface area contributed by atoms with Crippen LogP contribution in [0.1, 0.15) is 44.1 Å². The van der Waals surface area contributed by atoms with Crippen LogP contribution in [0.2, 0.25) is 0 Å². The van der Waals surface area contributed by atoms with Gasteiger partial charge in [0.2, 0.25) is 11.8 Å². The van der Waals surface area contributed by atoms with E-state index in [1.54, 1.807) is 11.8 Å². The molecule has 0 bridgehead atoms. The van der Waals surface area contributed by atoms with Crippen LogP contribution in [0.3, 0.4) is 0 Å². The summed E-state index contributed by atoms with van der Waals surface area (Å²) < 4.78 is 0. The summed E-state index contributed by atoms with van der Waals surface area (Å²) in [7, 11) is 0. The van der Waals surface area contributed by atoms with Gasteiger partial charge in [0.25, 0.3) is 0 Å². The first-order valence-electron chi connectivity index (χ1n) is 11.7. The second-order valence-corrected chi connectivity index (χ2v) is 9.37. The Morgan fingerprint density at radius 3 is 2.38 bits per heavy atom. The molecular formula is C26H35N3O2S. The van der Waals surface area contributed by atoms with Gasteiger partial charge < -0.3 is 16.0 Å². The fourth-order valence-corrected chi connectivity index (χ4v) is 5.19. The average molecular weight is 454 g/mol. The van der Waals surface area contributed by atoms with Crippen LogP contribution in [0.25, 0.3) is 11.1 Å². The summed E-state index contributed by atoms with van der Waals surface area (Å²) in [4.78, 5) is 27.2. The molecule has 1 heterocycles. The monoisotopic (exact) mass is 453 g/mol. The summed E-state index contributed by atoms with van der Waals surface area (Å²) in [5.74, 6) is 1.63. The van der Waals surface area contributed by atoms with Crippen LogP contribution in [0.5, 0.6) is 0 Å². The molecule has 2 aromatic rings. The molecule has 0 aromatic heterocycles. The lowest BCUT2D eigenvalue weighted by molar-refractivity contribution is -0.132. The number of hydrogen-bond donors (Lipinski definition) is 2. The lowest BCUT2D eigenvalue weighted by Gasteiger charge is -2.23. The fraction of sp³-hybridized carbons (Fsp3) is 0.462. The van der Waals surface area contributed by atoms with Crippen LogP contribution in [0.4, 0.5) is 0 Å². The molecule has 1 aliphatic rings. The topological polar surface area (TPSA) is 75.4 Å². The van der Waals surface area contributed by atoms with Gasteiger partial charge >= 0.3 is 0 Å². The first-order valence-corrected chi connectivity index (χ1v) is 12.8. The number of benzene rings is 2. The van der Waals surface area contributed by atoms with Gasteiger partial charge in [-0.1, -0.05) is 73.9 Å². The number of carbonyl (C=O) groups excluding carboxylic acids is 2. The Morgan fingerprint density at radius 1 is 0.938 bits per heavy atom. The maximum absolute atomic E-state index is 12.9. The molecule has 3 rings (SSSR count). The van der Waals surface area contributed by atoms with E-state index in [0.717, 1.165) is 49.1 Å². The Labute approximate surface area is 196 Å². The van der Waals surface area contributed by atoms with Gasteiger partial charge in [0.15, 0.2) is 0 Å². The highest BCUT2D eigenvalue weighted by Gasteiger charge is 2.30. The number of nitrogens with zero attached hydrogens (tertiary/aromatic N) is 1. The quantitative estimate of drug-likeness (QED) is 0.472. The molecule has 1 atom stereocenters. The predicted molar refractivity (Wildman–Crippen MR) is 133 cm³/mol. The average Bonchev–Trinajstić information content (AvgIpc) is 3.28. The third kappa shape index (κ3) is 7.68. The first-order chi connectivity index (χ1) is 15.7. The smallest absolute Gasteiger partial charge is 0.227 e. The summed E-state index contributed by atoms with van der Waals surface area (Å²) in [6.07, 6.45) is 6.28. The summed E-state index contributed by atoms with van der Waals surface area (Å²) in [6, 6.07) is 18.4. The number of thioether (sulfide) groups is 1. The highest BCUT2D eigenvalue weighted by atomic mass is 32.2. The van der Waals surface area contributed by atoms with Crippen molar-refractivity contribution in [2.24, 2.45) is 5.73 Å². The van der Waals surface area contributed by atoms with Crippen LogP contribution < -0.4 is 11.1 Å². The van der Waals surface area contributed by atoms with Gasteiger partial charge in [-0.05, 0) is 36.1 Å². The number of rotatable bonds is 12. The molecule has 0 aliphatic carbocycles. The van der Waals surface area contributed by atoms with E-state index in [1.165, 1.54) is 12.0 Å². The minimum absolute atomic E-state index is 0.0133. The van der Waals surface area contributed by atoms with Crippen LogP contribution >= 0.6 is 11.8 Å². The Kier molecular flexibility index (Phi) is 10.1. The van der Waals surface area contributed by atoms with Crippen LogP contribution in [-0.4, -0.2) is 47.5 Å². The van der Waals surface area contributed by atoms with Gasteiger partial charge in [-0.15, -0.1) is 11.8 Å². The number of nitrogens with two attached hydrogens (primary N) is 1. The van der Waals surface area contributed by atoms with Crippen LogP contribution in [0, 0.1) is 0 Å². The maximum atomic E-state index is 12.9. The van der Waals surface area contributed by atoms with Crippen molar-refractivity contribution in [3.8, 4) is 11.1 Å². The minimum atomic E-state index is -0.0133. The minimum Gasteiger partial charge on any atom is -0.356 e. The molecule has 1 saturated heterocycles. The van der Waals surface area contributed by atoms with Crippen LogP contribution in [-0.2, 0) is 16.0 Å². The molecule has 2 amide bonds. The zero-order valence-electron chi connectivity index (χ0n) is 18.8. The molecule has 1 fully saturated rings. The molecule has 2 aromatic carbocycles. The number of unbranched alkanes of at least 4 members (excludes halogenated alkanes) is 4. The lowest BCUT2D eigenvalue weighted by atomic mass is 10.0. The van der Waals surface area contributed by atoms with Crippen molar-refractivity contribution in [1.82, 2.24) is 10.2 Å². The predicted octanol–water partition coefficient (Wildman–Crippen LogP) is 4.21. The molecule has 172 valence electrons. The molecular weight excluding hydrogens is 418 g/mol. The lowest BCUT2D eigenvalue weighted by Crippen LogP contribution is -2.41. The Bertz CT molecular complexity index is 842. The van der Waals surface area contributed by atoms with E-state index in [0.29, 0.717) is 25.3 Å². The van der Waals surface area contributed by atoms with E-state index < -0.39 is 0 Å². The molecule has 3 N–H and O–H groups in total. The number of nitrogens with one attached hydrogen (secondary N) is 1. The Morgan fingerprint density at radius 2 is 1.62 bits per heavy atom. The largest absolute Gasteiger partial charge is 0.356 e. The highest BCUT2D eigenvalue weighted by molar-refractivity contribution is 7.99. The molecule has 1 unspecified atom stereocenters. The fourth-order valence-electron chi connectivity index (χ4n) is 3.96. The first kappa shape index (κ1) is 24.3. The molecule has 0 radical (unpaired) electrons. The summed E-state index contributed by atoms with van der Waals surface area (Å²) in [5.41, 5.74) is 8.82. The Hall–Kier alpha value is -2.31. The third-order valence-corrected chi connectivity index (χ3v) is 6.92. The van der Waals surface area contributed by atoms with Crippen molar-refractivity contribution >= 4 is 23.6 Å². The van der Waals surface area contributed by atoms with Crippen molar-refractivity contribution in [2.75, 3.05) is 24.7 Å². The molecule has 0 spiro atoms. The van der Waals surface area contributed by atoms with E-state index in [9.17, 15) is 9.59 Å². The molecule has 32 heavy (non-hydrogen) atoms. The van der Waals surface area contributed by atoms with E-state index in [4.69, 9.17) is 5.73 Å². The molecule has 0 saturated carbocycles. The van der Waals surface area contributed by atoms with Crippen molar-refractivity contribution in [3.05, 3.63) is 60.2 Å². The zero-order valence-corrected chi connectivity index (χ0v) is 19.6. The van der Waals surface area contributed by atoms with Crippen LogP contribution in [0.15, 0.2) is 54.6 Å². The number of carbonyl (C=O) groups is 2. The highest BCUT2D eigenvalue weighted by Crippen LogP contribution is 2.25. The van der Waals surface area contributed by atoms with Gasteiger partial charge in [-0.25, -0.2) is 0 Å². The summed E-state index contributed by atoms with van der Waals surface area (Å²) >= 11 is 1.73. The second-order valence-electron chi connectivity index (χ2n) is 8.37. The van der Waals surface area contributed by atoms with Crippen molar-refractivity contribution < 1.29 is 9.59 Å². The van der Waals surface area contributed by atoms with Gasteiger partial charge in [-0.2, -0.15) is 0 Å². The van der Waals surface area contributed by atoms with Gasteiger partial charge in [-0.3, -0.25) is 9.59 Å². The Balaban J connectivity index is 1.42. The van der Waals surface area contributed by atoms with Gasteiger partial charge in [0, 0.05) is 18.7 Å². The number of amides is 2. The molecule has 6 heteroatoms. The van der Waals surface area contributed by atoms with Crippen molar-refractivity contribution in [3.63, 3.8) is 0 Å². The van der Waals surface area contributed by atoms with Gasteiger partial charge in [0.1, 0.15) is 0 Å². The third-order valence-electron chi connectivity index (χ3n) is 5.84. The zero-order chi connectivity index (χ0) is 22.6. The summed E-state index contributed by atoms with van der Waals surface area (Å²) in [6.45, 7) is 1.47. The van der Waals surface area contributed by atoms with Crippen molar-refractivity contribution in [2.45, 2.75) is 51.0 Å². The number of hydrogen-bond acceptors (Lipinski definition) is 4. The van der Waals surface area contributed by atoms with E-state index in [-0.39, 0.29) is 17.9 Å².